The molecular formula is C11H17N3O2S. The molecule has 1 aromatic heterocycles. The Balaban J connectivity index is 2.02. The minimum Gasteiger partial charge on any atom is -0.480 e. The molecule has 0 bridgehead atoms. The van der Waals surface area contributed by atoms with Crippen molar-refractivity contribution < 1.29 is 9.90 Å². The van der Waals surface area contributed by atoms with E-state index in [1.54, 1.807) is 11.8 Å². The molecule has 94 valence electrons. The maximum absolute atomic E-state index is 11.1. The van der Waals surface area contributed by atoms with Crippen LogP contribution in [0.4, 0.5) is 0 Å². The summed E-state index contributed by atoms with van der Waals surface area (Å²) in [6.07, 6.45) is 3.81. The summed E-state index contributed by atoms with van der Waals surface area (Å²) in [5.74, 6) is 0.961. The number of hydrogen-bond acceptors (Lipinski definition) is 4. The molecule has 2 rings (SSSR count). The maximum atomic E-state index is 11.1. The van der Waals surface area contributed by atoms with Crippen molar-refractivity contribution in [3.8, 4) is 0 Å². The molecule has 0 aliphatic carbocycles. The van der Waals surface area contributed by atoms with Gasteiger partial charge in [0.2, 0.25) is 0 Å². The van der Waals surface area contributed by atoms with E-state index in [4.69, 9.17) is 5.11 Å². The second-order valence-corrected chi connectivity index (χ2v) is 5.25. The number of aryl methyl sites for hydroxylation is 1. The van der Waals surface area contributed by atoms with Crippen LogP contribution in [0.5, 0.6) is 0 Å². The Labute approximate surface area is 105 Å². The Morgan fingerprint density at radius 3 is 3.18 bits per heavy atom. The van der Waals surface area contributed by atoms with Gasteiger partial charge in [0.15, 0.2) is 0 Å². The van der Waals surface area contributed by atoms with Crippen molar-refractivity contribution >= 4 is 17.7 Å². The average molecular weight is 255 g/mol. The van der Waals surface area contributed by atoms with E-state index in [2.05, 4.69) is 5.10 Å². The van der Waals surface area contributed by atoms with Crippen molar-refractivity contribution in [1.82, 2.24) is 14.7 Å². The van der Waals surface area contributed by atoms with Gasteiger partial charge in [0.05, 0.1) is 6.20 Å². The number of aliphatic carboxylic acids is 1. The Hall–Kier alpha value is -1.01. The van der Waals surface area contributed by atoms with Crippen LogP contribution >= 0.6 is 11.8 Å². The highest BCUT2D eigenvalue weighted by molar-refractivity contribution is 7.99. The molecule has 0 aromatic carbocycles. The van der Waals surface area contributed by atoms with Gasteiger partial charge in [0.1, 0.15) is 6.04 Å². The molecule has 1 aliphatic heterocycles. The number of carboxylic acid groups (broad SMARTS) is 1. The number of hydrogen-bond donors (Lipinski definition) is 1. The van der Waals surface area contributed by atoms with E-state index >= 15 is 0 Å². The zero-order valence-corrected chi connectivity index (χ0v) is 10.7. The fourth-order valence-electron chi connectivity index (χ4n) is 1.95. The highest BCUT2D eigenvalue weighted by Gasteiger charge is 2.28. The van der Waals surface area contributed by atoms with E-state index in [9.17, 15) is 4.79 Å². The standard InChI is InChI=1S/C11H17N3O2S/c1-2-14-7-9(5-12-14)6-13-3-4-17-8-10(13)11(15)16/h5,7,10H,2-4,6,8H2,1H3,(H,15,16). The van der Waals surface area contributed by atoms with E-state index in [1.807, 2.05) is 28.9 Å². The number of thioether (sulfide) groups is 1. The molecule has 1 aliphatic rings. The molecule has 1 N–H and O–H groups in total. The van der Waals surface area contributed by atoms with Gasteiger partial charge in [-0.05, 0) is 6.92 Å². The molecule has 1 aromatic rings. The maximum Gasteiger partial charge on any atom is 0.321 e. The Bertz CT molecular complexity index is 394. The Morgan fingerprint density at radius 2 is 2.53 bits per heavy atom. The Kier molecular flexibility index (Phi) is 4.06. The topological polar surface area (TPSA) is 58.4 Å². The lowest BCUT2D eigenvalue weighted by Gasteiger charge is -2.32. The molecule has 17 heavy (non-hydrogen) atoms. The number of carbonyl (C=O) groups is 1. The van der Waals surface area contributed by atoms with Crippen LogP contribution in [0.1, 0.15) is 12.5 Å². The van der Waals surface area contributed by atoms with Crippen molar-refractivity contribution in [2.24, 2.45) is 0 Å². The zero-order valence-electron chi connectivity index (χ0n) is 9.87. The summed E-state index contributed by atoms with van der Waals surface area (Å²) in [5, 5.41) is 13.4. The van der Waals surface area contributed by atoms with E-state index in [-0.39, 0.29) is 6.04 Å². The van der Waals surface area contributed by atoms with Crippen LogP contribution in [-0.2, 0) is 17.9 Å². The van der Waals surface area contributed by atoms with E-state index in [0.717, 1.165) is 24.4 Å². The summed E-state index contributed by atoms with van der Waals surface area (Å²) in [7, 11) is 0. The summed E-state index contributed by atoms with van der Waals surface area (Å²) in [6, 6.07) is -0.362. The van der Waals surface area contributed by atoms with Gasteiger partial charge in [0, 0.05) is 42.9 Å². The third-order valence-corrected chi connectivity index (χ3v) is 3.94. The number of nitrogens with zero attached hydrogens (tertiary/aromatic N) is 3. The quantitative estimate of drug-likeness (QED) is 0.866. The van der Waals surface area contributed by atoms with Crippen LogP contribution in [-0.4, -0.2) is 49.8 Å². The van der Waals surface area contributed by atoms with Gasteiger partial charge < -0.3 is 5.11 Å². The van der Waals surface area contributed by atoms with Gasteiger partial charge in [-0.15, -0.1) is 0 Å². The van der Waals surface area contributed by atoms with Crippen LogP contribution in [0.2, 0.25) is 0 Å². The molecule has 0 spiro atoms. The van der Waals surface area contributed by atoms with Crippen molar-refractivity contribution in [3.05, 3.63) is 18.0 Å². The largest absolute Gasteiger partial charge is 0.480 e. The molecule has 0 amide bonds. The molecule has 1 saturated heterocycles. The monoisotopic (exact) mass is 255 g/mol. The summed E-state index contributed by atoms with van der Waals surface area (Å²) >= 11 is 1.71. The van der Waals surface area contributed by atoms with Crippen molar-refractivity contribution in [3.63, 3.8) is 0 Å². The highest BCUT2D eigenvalue weighted by atomic mass is 32.2. The zero-order chi connectivity index (χ0) is 12.3. The molecule has 0 radical (unpaired) electrons. The minimum atomic E-state index is -0.722. The van der Waals surface area contributed by atoms with Crippen LogP contribution in [0, 0.1) is 0 Å². The molecular weight excluding hydrogens is 238 g/mol. The number of carboxylic acids is 1. The lowest BCUT2D eigenvalue weighted by molar-refractivity contribution is -0.142. The van der Waals surface area contributed by atoms with Crippen LogP contribution in [0.25, 0.3) is 0 Å². The first-order chi connectivity index (χ1) is 8.20. The van der Waals surface area contributed by atoms with Gasteiger partial charge in [-0.2, -0.15) is 16.9 Å². The number of rotatable bonds is 4. The first-order valence-corrected chi connectivity index (χ1v) is 6.92. The van der Waals surface area contributed by atoms with Crippen molar-refractivity contribution in [2.75, 3.05) is 18.1 Å². The molecule has 1 fully saturated rings. The predicted molar refractivity (Wildman–Crippen MR) is 67.1 cm³/mol. The minimum absolute atomic E-state index is 0.362. The average Bonchev–Trinajstić information content (AvgIpc) is 2.77. The van der Waals surface area contributed by atoms with Crippen molar-refractivity contribution in [2.45, 2.75) is 26.1 Å². The van der Waals surface area contributed by atoms with Gasteiger partial charge in [0.25, 0.3) is 0 Å². The van der Waals surface area contributed by atoms with E-state index < -0.39 is 5.97 Å². The van der Waals surface area contributed by atoms with E-state index in [0.29, 0.717) is 12.3 Å². The summed E-state index contributed by atoms with van der Waals surface area (Å²) < 4.78 is 1.86. The second kappa shape index (κ2) is 5.55. The smallest absolute Gasteiger partial charge is 0.321 e. The number of aromatic nitrogens is 2. The second-order valence-electron chi connectivity index (χ2n) is 4.10. The molecule has 2 heterocycles. The van der Waals surface area contributed by atoms with Crippen LogP contribution in [0.3, 0.4) is 0 Å². The molecule has 5 nitrogen and oxygen atoms in total. The summed E-state index contributed by atoms with van der Waals surface area (Å²) in [5.41, 5.74) is 1.09. The fraction of sp³-hybridized carbons (Fsp3) is 0.636. The van der Waals surface area contributed by atoms with Gasteiger partial charge in [-0.25, -0.2) is 0 Å². The highest BCUT2D eigenvalue weighted by Crippen LogP contribution is 2.19. The Morgan fingerprint density at radius 1 is 1.71 bits per heavy atom. The molecule has 1 atom stereocenters. The van der Waals surface area contributed by atoms with Gasteiger partial charge >= 0.3 is 5.97 Å². The SMILES string of the molecule is CCn1cc(CN2CCSCC2C(=O)O)cn1. The first kappa shape index (κ1) is 12.4. The summed E-state index contributed by atoms with van der Waals surface area (Å²) in [4.78, 5) is 13.2. The first-order valence-electron chi connectivity index (χ1n) is 5.76. The van der Waals surface area contributed by atoms with Gasteiger partial charge in [-0.3, -0.25) is 14.4 Å². The van der Waals surface area contributed by atoms with Crippen LogP contribution < -0.4 is 0 Å². The van der Waals surface area contributed by atoms with Gasteiger partial charge in [-0.1, -0.05) is 0 Å². The van der Waals surface area contributed by atoms with Crippen molar-refractivity contribution in [1.29, 1.82) is 0 Å². The van der Waals surface area contributed by atoms with E-state index in [1.165, 1.54) is 0 Å². The molecule has 1 unspecified atom stereocenters. The third-order valence-electron chi connectivity index (χ3n) is 2.92. The third kappa shape index (κ3) is 3.01. The molecule has 6 heteroatoms. The fourth-order valence-corrected chi connectivity index (χ4v) is 3.06. The molecule has 0 saturated carbocycles. The lowest BCUT2D eigenvalue weighted by Crippen LogP contribution is -2.46. The van der Waals surface area contributed by atoms with Crippen LogP contribution in [0.15, 0.2) is 12.4 Å². The lowest BCUT2D eigenvalue weighted by atomic mass is 10.2. The predicted octanol–water partition coefficient (Wildman–Crippen LogP) is 0.905. The normalized spacial score (nSPS) is 21.6. The summed E-state index contributed by atoms with van der Waals surface area (Å²) in [6.45, 7) is 4.39.